The van der Waals surface area contributed by atoms with Gasteiger partial charge in [0.15, 0.2) is 6.10 Å². The third-order valence-electron chi connectivity index (χ3n) is 9.35. The number of esters is 2. The summed E-state index contributed by atoms with van der Waals surface area (Å²) in [4.78, 5) is 34.8. The van der Waals surface area contributed by atoms with Crippen LogP contribution in [-0.4, -0.2) is 49.3 Å². The maximum atomic E-state index is 12.5. The number of carbonyl (C=O) groups is 2. The molecular formula is C43H82NO8P. The van der Waals surface area contributed by atoms with Crippen molar-refractivity contribution < 1.29 is 37.6 Å². The molecule has 0 heterocycles. The maximum Gasteiger partial charge on any atom is 0.472 e. The Morgan fingerprint density at radius 2 is 1.02 bits per heavy atom. The van der Waals surface area contributed by atoms with Gasteiger partial charge < -0.3 is 20.1 Å². The van der Waals surface area contributed by atoms with Gasteiger partial charge in [0.2, 0.25) is 0 Å². The molecule has 0 aliphatic rings. The number of unbranched alkanes of at least 4 members (excludes halogenated alkanes) is 24. The predicted molar refractivity (Wildman–Crippen MR) is 220 cm³/mol. The zero-order valence-corrected chi connectivity index (χ0v) is 35.2. The average molecular weight is 772 g/mol. The molecule has 0 amide bonds. The van der Waals surface area contributed by atoms with Gasteiger partial charge in [-0.05, 0) is 32.1 Å². The zero-order chi connectivity index (χ0) is 38.9. The number of rotatable bonds is 41. The van der Waals surface area contributed by atoms with E-state index in [1.165, 1.54) is 141 Å². The van der Waals surface area contributed by atoms with E-state index in [-0.39, 0.29) is 32.6 Å². The molecule has 0 aromatic heterocycles. The van der Waals surface area contributed by atoms with Crippen molar-refractivity contribution in [1.82, 2.24) is 0 Å². The van der Waals surface area contributed by atoms with E-state index in [1.54, 1.807) is 0 Å². The molecule has 0 aromatic rings. The second kappa shape index (κ2) is 40.2. The van der Waals surface area contributed by atoms with Crippen LogP contribution in [0, 0.1) is 0 Å². The number of phosphoric acid groups is 1. The molecule has 0 radical (unpaired) electrons. The molecule has 0 aromatic carbocycles. The lowest BCUT2D eigenvalue weighted by molar-refractivity contribution is -0.161. The van der Waals surface area contributed by atoms with Gasteiger partial charge in [-0.1, -0.05) is 186 Å². The number of allylic oxidation sites excluding steroid dienone is 4. The molecule has 312 valence electrons. The summed E-state index contributed by atoms with van der Waals surface area (Å²) in [5.74, 6) is -0.898. The molecule has 2 atom stereocenters. The lowest BCUT2D eigenvalue weighted by Crippen LogP contribution is -2.29. The molecule has 0 spiro atoms. The first kappa shape index (κ1) is 51.5. The van der Waals surface area contributed by atoms with Gasteiger partial charge in [-0.25, -0.2) is 4.57 Å². The third-order valence-corrected chi connectivity index (χ3v) is 10.3. The van der Waals surface area contributed by atoms with Crippen LogP contribution in [-0.2, 0) is 32.7 Å². The van der Waals surface area contributed by atoms with Crippen LogP contribution in [0.25, 0.3) is 0 Å². The van der Waals surface area contributed by atoms with Crippen molar-refractivity contribution in [3.63, 3.8) is 0 Å². The molecule has 0 saturated heterocycles. The van der Waals surface area contributed by atoms with Crippen molar-refractivity contribution in [2.75, 3.05) is 26.4 Å². The van der Waals surface area contributed by atoms with Crippen molar-refractivity contribution in [2.24, 2.45) is 5.73 Å². The van der Waals surface area contributed by atoms with Gasteiger partial charge in [0.1, 0.15) is 6.61 Å². The van der Waals surface area contributed by atoms with Gasteiger partial charge in [-0.3, -0.25) is 18.6 Å². The van der Waals surface area contributed by atoms with Gasteiger partial charge in [-0.2, -0.15) is 0 Å². The van der Waals surface area contributed by atoms with E-state index in [9.17, 15) is 19.0 Å². The van der Waals surface area contributed by atoms with Gasteiger partial charge in [0.05, 0.1) is 13.2 Å². The summed E-state index contributed by atoms with van der Waals surface area (Å²) in [5.41, 5.74) is 5.34. The largest absolute Gasteiger partial charge is 0.472 e. The summed E-state index contributed by atoms with van der Waals surface area (Å²) in [6.07, 6.45) is 42.2. The first-order valence-electron chi connectivity index (χ1n) is 21.8. The summed E-state index contributed by atoms with van der Waals surface area (Å²) in [6.45, 7) is 3.69. The normalized spacial score (nSPS) is 13.5. The van der Waals surface area contributed by atoms with E-state index in [0.717, 1.165) is 32.1 Å². The Balaban J connectivity index is 4.18. The Hall–Kier alpha value is -1.51. The number of hydrogen-bond donors (Lipinski definition) is 2. The van der Waals surface area contributed by atoms with E-state index in [2.05, 4.69) is 26.0 Å². The summed E-state index contributed by atoms with van der Waals surface area (Å²) in [7, 11) is -4.39. The molecule has 0 fully saturated rings. The minimum Gasteiger partial charge on any atom is -0.462 e. The zero-order valence-electron chi connectivity index (χ0n) is 34.3. The van der Waals surface area contributed by atoms with Crippen molar-refractivity contribution >= 4 is 19.8 Å². The van der Waals surface area contributed by atoms with E-state index in [4.69, 9.17) is 24.3 Å². The second-order valence-electron chi connectivity index (χ2n) is 14.6. The molecule has 0 aliphatic carbocycles. The average Bonchev–Trinajstić information content (AvgIpc) is 3.14. The molecule has 9 nitrogen and oxygen atoms in total. The Morgan fingerprint density at radius 1 is 0.566 bits per heavy atom. The minimum absolute atomic E-state index is 0.0475. The number of phosphoric ester groups is 1. The molecule has 3 N–H and O–H groups in total. The van der Waals surface area contributed by atoms with Crippen LogP contribution in [0.5, 0.6) is 0 Å². The minimum atomic E-state index is -4.39. The smallest absolute Gasteiger partial charge is 0.462 e. The number of hydrogen-bond acceptors (Lipinski definition) is 8. The molecular weight excluding hydrogens is 689 g/mol. The van der Waals surface area contributed by atoms with Crippen LogP contribution >= 0.6 is 7.82 Å². The maximum absolute atomic E-state index is 12.5. The van der Waals surface area contributed by atoms with Gasteiger partial charge in [-0.15, -0.1) is 0 Å². The Bertz CT molecular complexity index is 928. The fourth-order valence-electron chi connectivity index (χ4n) is 6.10. The first-order valence-corrected chi connectivity index (χ1v) is 23.3. The highest BCUT2D eigenvalue weighted by Gasteiger charge is 2.25. The molecule has 0 saturated carbocycles. The monoisotopic (exact) mass is 772 g/mol. The van der Waals surface area contributed by atoms with Crippen LogP contribution in [0.1, 0.15) is 206 Å². The van der Waals surface area contributed by atoms with E-state index in [1.807, 2.05) is 12.2 Å². The molecule has 2 unspecified atom stereocenters. The van der Waals surface area contributed by atoms with Crippen LogP contribution in [0.4, 0.5) is 0 Å². The van der Waals surface area contributed by atoms with Gasteiger partial charge in [0.25, 0.3) is 0 Å². The molecule has 10 heteroatoms. The van der Waals surface area contributed by atoms with Crippen LogP contribution in [0.3, 0.4) is 0 Å². The SMILES string of the molecule is CCCCCCCCCC/C=C\C/C=C\CCC(=O)OC(COC(=O)CCCCCCCCCCCCCCCCCCC)COP(=O)(O)OCCN. The summed E-state index contributed by atoms with van der Waals surface area (Å²) >= 11 is 0. The standard InChI is InChI=1S/C43H82NO8P/c1-3-5-7-9-11-13-15-17-19-20-22-23-25-27-29-31-33-35-42(45)49-39-41(40-51-53(47,48)50-38-37-44)52-43(46)36-34-32-30-28-26-24-21-18-16-14-12-10-8-6-4-2/h24,26,30,32,41H,3-23,25,27-29,31,33-40,44H2,1-2H3,(H,47,48)/b26-24-,32-30-. The Kier molecular flexibility index (Phi) is 39.0. The van der Waals surface area contributed by atoms with Crippen molar-refractivity contribution in [1.29, 1.82) is 0 Å². The highest BCUT2D eigenvalue weighted by Crippen LogP contribution is 2.43. The van der Waals surface area contributed by atoms with Gasteiger partial charge >= 0.3 is 19.8 Å². The number of nitrogens with two attached hydrogens (primary N) is 1. The second-order valence-corrected chi connectivity index (χ2v) is 16.0. The Morgan fingerprint density at radius 3 is 1.51 bits per heavy atom. The van der Waals surface area contributed by atoms with E-state index < -0.39 is 32.5 Å². The Labute approximate surface area is 325 Å². The molecule has 0 rings (SSSR count). The summed E-state index contributed by atoms with van der Waals surface area (Å²) < 4.78 is 32.7. The van der Waals surface area contributed by atoms with E-state index >= 15 is 0 Å². The number of carbonyl (C=O) groups excluding carboxylic acids is 2. The lowest BCUT2D eigenvalue weighted by atomic mass is 10.0. The fourth-order valence-corrected chi connectivity index (χ4v) is 6.87. The van der Waals surface area contributed by atoms with Crippen molar-refractivity contribution in [2.45, 2.75) is 213 Å². The number of ether oxygens (including phenoxy) is 2. The first-order chi connectivity index (χ1) is 25.8. The predicted octanol–water partition coefficient (Wildman–Crippen LogP) is 12.4. The van der Waals surface area contributed by atoms with Crippen LogP contribution in [0.2, 0.25) is 0 Å². The highest BCUT2D eigenvalue weighted by molar-refractivity contribution is 7.47. The highest BCUT2D eigenvalue weighted by atomic mass is 31.2. The lowest BCUT2D eigenvalue weighted by Gasteiger charge is -2.19. The van der Waals surface area contributed by atoms with Gasteiger partial charge in [0, 0.05) is 19.4 Å². The fraction of sp³-hybridized carbons (Fsp3) is 0.860. The van der Waals surface area contributed by atoms with Crippen LogP contribution < -0.4 is 5.73 Å². The summed E-state index contributed by atoms with van der Waals surface area (Å²) in [6, 6.07) is 0. The third kappa shape index (κ3) is 40.0. The molecule has 0 aliphatic heterocycles. The molecule has 0 bridgehead atoms. The summed E-state index contributed by atoms with van der Waals surface area (Å²) in [5, 5.41) is 0. The topological polar surface area (TPSA) is 134 Å². The van der Waals surface area contributed by atoms with E-state index in [0.29, 0.717) is 6.42 Å². The van der Waals surface area contributed by atoms with Crippen LogP contribution in [0.15, 0.2) is 24.3 Å². The quantitative estimate of drug-likeness (QED) is 0.0269. The van der Waals surface area contributed by atoms with Crippen molar-refractivity contribution in [3.8, 4) is 0 Å². The van der Waals surface area contributed by atoms with Crippen molar-refractivity contribution in [3.05, 3.63) is 24.3 Å². The molecule has 53 heavy (non-hydrogen) atoms.